The molecule has 3 nitrogen and oxygen atoms in total. The lowest BCUT2D eigenvalue weighted by Crippen LogP contribution is -2.55. The molecular weight excluding hydrogens is 246 g/mol. The van der Waals surface area contributed by atoms with E-state index in [0.29, 0.717) is 0 Å². The van der Waals surface area contributed by atoms with Crippen LogP contribution in [-0.2, 0) is 0 Å². The minimum atomic E-state index is 0.0122. The van der Waals surface area contributed by atoms with Crippen LogP contribution in [0.5, 0.6) is 0 Å². The Kier molecular flexibility index (Phi) is 6.18. The molecule has 1 rings (SSSR count). The molecule has 2 atom stereocenters. The predicted octanol–water partition coefficient (Wildman–Crippen LogP) is 3.32. The largest absolute Gasteiger partial charge is 0.297 e. The number of rotatable bonds is 7. The van der Waals surface area contributed by atoms with Gasteiger partial charge in [0.1, 0.15) is 0 Å². The third kappa shape index (κ3) is 3.22. The molecule has 0 bridgehead atoms. The fourth-order valence-electron chi connectivity index (χ4n) is 3.31. The third-order valence-electron chi connectivity index (χ3n) is 4.73. The predicted molar refractivity (Wildman–Crippen MR) is 87.6 cm³/mol. The van der Waals surface area contributed by atoms with Gasteiger partial charge in [-0.15, -0.1) is 0 Å². The maximum absolute atomic E-state index is 5.94. The van der Waals surface area contributed by atoms with Gasteiger partial charge in [-0.05, 0) is 51.4 Å². The zero-order valence-electron chi connectivity index (χ0n) is 14.0. The van der Waals surface area contributed by atoms with E-state index in [9.17, 15) is 0 Å². The topological polar surface area (TPSA) is 41.3 Å². The van der Waals surface area contributed by atoms with E-state index in [4.69, 9.17) is 5.84 Å². The van der Waals surface area contributed by atoms with Crippen LogP contribution in [0.2, 0.25) is 0 Å². The van der Waals surface area contributed by atoms with Crippen LogP contribution in [0.4, 0.5) is 0 Å². The van der Waals surface area contributed by atoms with Crippen molar-refractivity contribution in [3.8, 4) is 0 Å². The van der Waals surface area contributed by atoms with Crippen LogP contribution in [0.1, 0.15) is 56.8 Å². The lowest BCUT2D eigenvalue weighted by molar-refractivity contribution is 0.0696. The van der Waals surface area contributed by atoms with Crippen molar-refractivity contribution < 1.29 is 0 Å². The number of nitrogens with one attached hydrogen (secondary N) is 1. The van der Waals surface area contributed by atoms with E-state index in [-0.39, 0.29) is 11.6 Å². The second-order valence-electron chi connectivity index (χ2n) is 5.84. The van der Waals surface area contributed by atoms with Crippen molar-refractivity contribution in [2.45, 2.75) is 59.5 Å². The van der Waals surface area contributed by atoms with Gasteiger partial charge in [-0.2, -0.15) is 0 Å². The van der Waals surface area contributed by atoms with Crippen LogP contribution in [0.3, 0.4) is 0 Å². The summed E-state index contributed by atoms with van der Waals surface area (Å²) in [4.78, 5) is 2.50. The zero-order valence-corrected chi connectivity index (χ0v) is 14.0. The lowest BCUT2D eigenvalue weighted by Gasteiger charge is -2.46. The summed E-state index contributed by atoms with van der Waals surface area (Å²) < 4.78 is 0. The third-order valence-corrected chi connectivity index (χ3v) is 4.73. The Morgan fingerprint density at radius 2 is 1.80 bits per heavy atom. The highest BCUT2D eigenvalue weighted by molar-refractivity contribution is 5.34. The Morgan fingerprint density at radius 3 is 2.20 bits per heavy atom. The van der Waals surface area contributed by atoms with Gasteiger partial charge >= 0.3 is 0 Å². The number of likely N-dealkylation sites (N-methyl/N-ethyl adjacent to an activating group) is 1. The Bertz CT molecular complexity index is 426. The molecule has 0 aliphatic carbocycles. The minimum absolute atomic E-state index is 0.0122. The summed E-state index contributed by atoms with van der Waals surface area (Å²) in [5.41, 5.74) is 6.99. The van der Waals surface area contributed by atoms with Gasteiger partial charge in [0.15, 0.2) is 0 Å². The van der Waals surface area contributed by atoms with Gasteiger partial charge < -0.3 is 0 Å². The minimum Gasteiger partial charge on any atom is -0.297 e. The number of benzene rings is 1. The number of hydrazine groups is 1. The number of nitrogens with zero attached hydrogens (tertiary/aromatic N) is 1. The maximum atomic E-state index is 5.94. The molecule has 0 saturated heterocycles. The van der Waals surface area contributed by atoms with Crippen LogP contribution < -0.4 is 11.3 Å². The van der Waals surface area contributed by atoms with Gasteiger partial charge in [-0.3, -0.25) is 16.2 Å². The summed E-state index contributed by atoms with van der Waals surface area (Å²) in [5, 5.41) is 0. The molecular formula is C17H31N3. The molecule has 0 spiro atoms. The average Bonchev–Trinajstić information content (AvgIpc) is 2.43. The molecule has 0 radical (unpaired) electrons. The molecule has 0 saturated carbocycles. The highest BCUT2D eigenvalue weighted by atomic mass is 15.3. The molecule has 0 aliphatic heterocycles. The summed E-state index contributed by atoms with van der Waals surface area (Å²) in [7, 11) is 0. The molecule has 0 aliphatic rings. The van der Waals surface area contributed by atoms with Crippen molar-refractivity contribution in [3.63, 3.8) is 0 Å². The Hall–Kier alpha value is -0.900. The summed E-state index contributed by atoms with van der Waals surface area (Å²) in [6.07, 6.45) is 1.05. The van der Waals surface area contributed by atoms with Crippen molar-refractivity contribution >= 4 is 0 Å². The van der Waals surface area contributed by atoms with E-state index in [1.807, 2.05) is 0 Å². The molecule has 0 heterocycles. The monoisotopic (exact) mass is 277 g/mol. The average molecular weight is 277 g/mol. The Balaban J connectivity index is 3.27. The van der Waals surface area contributed by atoms with Crippen LogP contribution in [0.15, 0.2) is 18.2 Å². The SMILES string of the molecule is CCN(CC)C(C)(CC)C(NN)c1ccc(C)cc1C. The van der Waals surface area contributed by atoms with Crippen molar-refractivity contribution in [1.82, 2.24) is 10.3 Å². The van der Waals surface area contributed by atoms with E-state index >= 15 is 0 Å². The van der Waals surface area contributed by atoms with Gasteiger partial charge in [0.25, 0.3) is 0 Å². The molecule has 0 amide bonds. The summed E-state index contributed by atoms with van der Waals surface area (Å²) >= 11 is 0. The van der Waals surface area contributed by atoms with Crippen LogP contribution >= 0.6 is 0 Å². The van der Waals surface area contributed by atoms with Gasteiger partial charge in [0.05, 0.1) is 6.04 Å². The van der Waals surface area contributed by atoms with Crippen molar-refractivity contribution in [1.29, 1.82) is 0 Å². The van der Waals surface area contributed by atoms with E-state index < -0.39 is 0 Å². The number of hydrogen-bond acceptors (Lipinski definition) is 3. The number of hydrogen-bond donors (Lipinski definition) is 2. The quantitative estimate of drug-likeness (QED) is 0.593. The second kappa shape index (κ2) is 7.21. The molecule has 20 heavy (non-hydrogen) atoms. The maximum Gasteiger partial charge on any atom is 0.0643 e. The van der Waals surface area contributed by atoms with E-state index in [1.54, 1.807) is 0 Å². The van der Waals surface area contributed by atoms with E-state index in [2.05, 4.69) is 70.1 Å². The summed E-state index contributed by atoms with van der Waals surface area (Å²) in [6.45, 7) is 15.3. The normalized spacial score (nSPS) is 16.2. The standard InChI is InChI=1S/C17H31N3/c1-7-17(6,20(8-2)9-3)16(19-18)15-11-10-13(4)12-14(15)5/h10-12,16,19H,7-9,18H2,1-6H3. The van der Waals surface area contributed by atoms with Crippen molar-refractivity contribution in [2.24, 2.45) is 5.84 Å². The van der Waals surface area contributed by atoms with Crippen LogP contribution in [-0.4, -0.2) is 23.5 Å². The first-order valence-electron chi connectivity index (χ1n) is 7.72. The second-order valence-corrected chi connectivity index (χ2v) is 5.84. The van der Waals surface area contributed by atoms with Crippen molar-refractivity contribution in [3.05, 3.63) is 34.9 Å². The van der Waals surface area contributed by atoms with Crippen LogP contribution in [0.25, 0.3) is 0 Å². The lowest BCUT2D eigenvalue weighted by atomic mass is 9.81. The summed E-state index contributed by atoms with van der Waals surface area (Å²) in [5.74, 6) is 5.94. The van der Waals surface area contributed by atoms with Gasteiger partial charge in [0, 0.05) is 5.54 Å². The van der Waals surface area contributed by atoms with Crippen LogP contribution in [0, 0.1) is 13.8 Å². The van der Waals surface area contributed by atoms with Gasteiger partial charge in [-0.25, -0.2) is 0 Å². The van der Waals surface area contributed by atoms with Gasteiger partial charge in [0.2, 0.25) is 0 Å². The fourth-order valence-corrected chi connectivity index (χ4v) is 3.31. The first kappa shape index (κ1) is 17.2. The molecule has 2 unspecified atom stereocenters. The molecule has 1 aromatic carbocycles. The number of nitrogens with two attached hydrogens (primary N) is 1. The molecule has 0 fully saturated rings. The molecule has 0 aromatic heterocycles. The molecule has 3 N–H and O–H groups in total. The summed E-state index contributed by atoms with van der Waals surface area (Å²) in [6, 6.07) is 6.75. The van der Waals surface area contributed by atoms with Crippen molar-refractivity contribution in [2.75, 3.05) is 13.1 Å². The number of aryl methyl sites for hydroxylation is 2. The smallest absolute Gasteiger partial charge is 0.0643 e. The molecule has 114 valence electrons. The van der Waals surface area contributed by atoms with E-state index in [0.717, 1.165) is 19.5 Å². The highest BCUT2D eigenvalue weighted by Gasteiger charge is 2.37. The zero-order chi connectivity index (χ0) is 15.3. The molecule has 3 heteroatoms. The molecule has 1 aromatic rings. The fraction of sp³-hybridized carbons (Fsp3) is 0.647. The van der Waals surface area contributed by atoms with E-state index in [1.165, 1.54) is 16.7 Å². The highest BCUT2D eigenvalue weighted by Crippen LogP contribution is 2.35. The van der Waals surface area contributed by atoms with Gasteiger partial charge in [-0.1, -0.05) is 44.5 Å². The first-order valence-corrected chi connectivity index (χ1v) is 7.72. The Morgan fingerprint density at radius 1 is 1.20 bits per heavy atom. The first-order chi connectivity index (χ1) is 9.44. The Labute approximate surface area is 124 Å².